The van der Waals surface area contributed by atoms with E-state index in [4.69, 9.17) is 11.6 Å². The molecule has 4 heteroatoms. The summed E-state index contributed by atoms with van der Waals surface area (Å²) < 4.78 is 0. The van der Waals surface area contributed by atoms with Crippen LogP contribution in [0.4, 0.5) is 5.69 Å². The third kappa shape index (κ3) is 4.45. The molecule has 21 heavy (non-hydrogen) atoms. The van der Waals surface area contributed by atoms with Crippen LogP contribution in [0, 0.1) is 11.8 Å². The molecule has 0 bridgehead atoms. The molecular formula is C17H25ClN2O. The van der Waals surface area contributed by atoms with Gasteiger partial charge < -0.3 is 10.6 Å². The van der Waals surface area contributed by atoms with Crippen LogP contribution in [-0.2, 0) is 4.79 Å². The maximum atomic E-state index is 12.3. The standard InChI is InChI=1S/C17H25ClN2O/c1-11-6-4-9-16(12(11)2)19-13(3)17(21)20-15-8-5-7-14(18)10-15/h5,7-8,10-13,16,19H,4,6,9H2,1-3H3,(H,20,21). The normalized spacial score (nSPS) is 27.1. The van der Waals surface area contributed by atoms with Crippen molar-refractivity contribution in [1.29, 1.82) is 0 Å². The molecule has 1 fully saturated rings. The van der Waals surface area contributed by atoms with Crippen LogP contribution in [0.15, 0.2) is 24.3 Å². The number of hydrogen-bond acceptors (Lipinski definition) is 2. The highest BCUT2D eigenvalue weighted by Gasteiger charge is 2.29. The zero-order valence-corrected chi connectivity index (χ0v) is 13.8. The zero-order chi connectivity index (χ0) is 15.4. The molecule has 2 rings (SSSR count). The van der Waals surface area contributed by atoms with Gasteiger partial charge in [0.2, 0.25) is 5.91 Å². The number of rotatable bonds is 4. The molecule has 0 aliphatic heterocycles. The lowest BCUT2D eigenvalue weighted by molar-refractivity contribution is -0.118. The molecule has 4 atom stereocenters. The number of anilines is 1. The molecule has 1 aliphatic rings. The predicted octanol–water partition coefficient (Wildman–Crippen LogP) is 4.08. The van der Waals surface area contributed by atoms with Crippen molar-refractivity contribution >= 4 is 23.2 Å². The van der Waals surface area contributed by atoms with E-state index < -0.39 is 0 Å². The molecule has 1 saturated carbocycles. The molecule has 1 aliphatic carbocycles. The molecule has 2 N–H and O–H groups in total. The summed E-state index contributed by atoms with van der Waals surface area (Å²) in [6.45, 7) is 6.50. The minimum atomic E-state index is -0.207. The van der Waals surface area contributed by atoms with Gasteiger partial charge in [0.25, 0.3) is 0 Å². The van der Waals surface area contributed by atoms with Crippen LogP contribution < -0.4 is 10.6 Å². The number of amides is 1. The first kappa shape index (κ1) is 16.3. The largest absolute Gasteiger partial charge is 0.325 e. The Morgan fingerprint density at radius 1 is 1.33 bits per heavy atom. The van der Waals surface area contributed by atoms with Crippen LogP contribution in [0.1, 0.15) is 40.0 Å². The summed E-state index contributed by atoms with van der Waals surface area (Å²) in [5, 5.41) is 7.03. The maximum Gasteiger partial charge on any atom is 0.241 e. The molecular weight excluding hydrogens is 284 g/mol. The van der Waals surface area contributed by atoms with Gasteiger partial charge in [-0.3, -0.25) is 4.79 Å². The van der Waals surface area contributed by atoms with E-state index >= 15 is 0 Å². The van der Waals surface area contributed by atoms with Crippen molar-refractivity contribution in [2.75, 3.05) is 5.32 Å². The fourth-order valence-electron chi connectivity index (χ4n) is 3.03. The van der Waals surface area contributed by atoms with Gasteiger partial charge in [-0.15, -0.1) is 0 Å². The summed E-state index contributed by atoms with van der Waals surface area (Å²) in [6, 6.07) is 7.46. The maximum absolute atomic E-state index is 12.3. The van der Waals surface area contributed by atoms with Gasteiger partial charge in [-0.1, -0.05) is 44.4 Å². The van der Waals surface area contributed by atoms with Gasteiger partial charge in [-0.2, -0.15) is 0 Å². The molecule has 4 unspecified atom stereocenters. The van der Waals surface area contributed by atoms with Crippen LogP contribution in [0.2, 0.25) is 5.02 Å². The molecule has 0 saturated heterocycles. The summed E-state index contributed by atoms with van der Waals surface area (Å²) in [5.41, 5.74) is 0.742. The molecule has 0 heterocycles. The van der Waals surface area contributed by atoms with E-state index in [1.807, 2.05) is 19.1 Å². The van der Waals surface area contributed by atoms with E-state index in [2.05, 4.69) is 24.5 Å². The van der Waals surface area contributed by atoms with Gasteiger partial charge in [0, 0.05) is 16.8 Å². The fraction of sp³-hybridized carbons (Fsp3) is 0.588. The lowest BCUT2D eigenvalue weighted by atomic mass is 9.78. The number of nitrogens with one attached hydrogen (secondary N) is 2. The molecule has 3 nitrogen and oxygen atoms in total. The van der Waals surface area contributed by atoms with Crippen molar-refractivity contribution in [3.05, 3.63) is 29.3 Å². The Kier molecular flexibility index (Phi) is 5.65. The van der Waals surface area contributed by atoms with E-state index in [1.165, 1.54) is 12.8 Å². The average Bonchev–Trinajstić information content (AvgIpc) is 2.44. The quantitative estimate of drug-likeness (QED) is 0.880. The number of hydrogen-bond donors (Lipinski definition) is 2. The van der Waals surface area contributed by atoms with Gasteiger partial charge in [0.15, 0.2) is 0 Å². The van der Waals surface area contributed by atoms with Crippen molar-refractivity contribution in [3.8, 4) is 0 Å². The van der Waals surface area contributed by atoms with Crippen molar-refractivity contribution in [2.24, 2.45) is 11.8 Å². The van der Waals surface area contributed by atoms with Gasteiger partial charge in [0.1, 0.15) is 0 Å². The molecule has 1 aromatic rings. The summed E-state index contributed by atoms with van der Waals surface area (Å²) >= 11 is 5.93. The third-order valence-corrected chi connectivity index (χ3v) is 4.89. The van der Waals surface area contributed by atoms with Gasteiger partial charge in [-0.25, -0.2) is 0 Å². The molecule has 116 valence electrons. The Hall–Kier alpha value is -1.06. The Bertz CT molecular complexity index is 491. The number of benzene rings is 1. The smallest absolute Gasteiger partial charge is 0.241 e. The van der Waals surface area contributed by atoms with E-state index in [0.29, 0.717) is 17.0 Å². The number of carbonyl (C=O) groups is 1. The molecule has 0 spiro atoms. The lowest BCUT2D eigenvalue weighted by Gasteiger charge is -2.36. The summed E-state index contributed by atoms with van der Waals surface area (Å²) in [4.78, 5) is 12.3. The first-order chi connectivity index (χ1) is 9.97. The average molecular weight is 309 g/mol. The van der Waals surface area contributed by atoms with Crippen LogP contribution in [0.25, 0.3) is 0 Å². The SMILES string of the molecule is CC(NC1CCCC(C)C1C)C(=O)Nc1cccc(Cl)c1. The highest BCUT2D eigenvalue weighted by Crippen LogP contribution is 2.29. The predicted molar refractivity (Wildman–Crippen MR) is 88.6 cm³/mol. The van der Waals surface area contributed by atoms with Crippen molar-refractivity contribution < 1.29 is 4.79 Å². The van der Waals surface area contributed by atoms with Crippen molar-refractivity contribution in [3.63, 3.8) is 0 Å². The zero-order valence-electron chi connectivity index (χ0n) is 13.0. The van der Waals surface area contributed by atoms with E-state index in [0.717, 1.165) is 18.0 Å². The fourth-order valence-corrected chi connectivity index (χ4v) is 3.22. The second kappa shape index (κ2) is 7.28. The van der Waals surface area contributed by atoms with E-state index in [1.54, 1.807) is 12.1 Å². The molecule has 1 amide bonds. The minimum absolute atomic E-state index is 0.0114. The highest BCUT2D eigenvalue weighted by atomic mass is 35.5. The first-order valence-corrected chi connectivity index (χ1v) is 8.17. The van der Waals surface area contributed by atoms with Gasteiger partial charge in [-0.05, 0) is 43.4 Å². The molecule has 1 aromatic carbocycles. The Labute approximate surface area is 132 Å². The van der Waals surface area contributed by atoms with Crippen LogP contribution in [-0.4, -0.2) is 18.0 Å². The van der Waals surface area contributed by atoms with Crippen LogP contribution >= 0.6 is 11.6 Å². The van der Waals surface area contributed by atoms with E-state index in [9.17, 15) is 4.79 Å². The second-order valence-corrected chi connectivity index (χ2v) is 6.70. The summed E-state index contributed by atoms with van der Waals surface area (Å²) in [5.74, 6) is 1.32. The monoisotopic (exact) mass is 308 g/mol. The second-order valence-electron chi connectivity index (χ2n) is 6.26. The van der Waals surface area contributed by atoms with Crippen LogP contribution in [0.3, 0.4) is 0 Å². The van der Waals surface area contributed by atoms with Crippen molar-refractivity contribution in [1.82, 2.24) is 5.32 Å². The highest BCUT2D eigenvalue weighted by molar-refractivity contribution is 6.30. The van der Waals surface area contributed by atoms with Crippen molar-refractivity contribution in [2.45, 2.75) is 52.1 Å². The Morgan fingerprint density at radius 2 is 2.10 bits per heavy atom. The van der Waals surface area contributed by atoms with E-state index in [-0.39, 0.29) is 11.9 Å². The van der Waals surface area contributed by atoms with Gasteiger partial charge >= 0.3 is 0 Å². The molecule has 0 radical (unpaired) electrons. The first-order valence-electron chi connectivity index (χ1n) is 7.80. The third-order valence-electron chi connectivity index (χ3n) is 4.66. The summed E-state index contributed by atoms with van der Waals surface area (Å²) in [6.07, 6.45) is 3.69. The lowest BCUT2D eigenvalue weighted by Crippen LogP contribution is -2.49. The minimum Gasteiger partial charge on any atom is -0.325 e. The molecule has 0 aromatic heterocycles. The topological polar surface area (TPSA) is 41.1 Å². The number of halogens is 1. The number of carbonyl (C=O) groups excluding carboxylic acids is 1. The Morgan fingerprint density at radius 3 is 2.81 bits per heavy atom. The van der Waals surface area contributed by atoms with Gasteiger partial charge in [0.05, 0.1) is 6.04 Å². The summed E-state index contributed by atoms with van der Waals surface area (Å²) in [7, 11) is 0. The van der Waals surface area contributed by atoms with Crippen LogP contribution in [0.5, 0.6) is 0 Å². The Balaban J connectivity index is 1.90.